The summed E-state index contributed by atoms with van der Waals surface area (Å²) in [5, 5.41) is 3.47. The maximum Gasteiger partial charge on any atom is 0.180 e. The molecule has 8 nitrogen and oxygen atoms in total. The van der Waals surface area contributed by atoms with Crippen molar-refractivity contribution in [2.45, 2.75) is 0 Å². The molecule has 0 amide bonds. The van der Waals surface area contributed by atoms with Crippen molar-refractivity contribution in [3.63, 3.8) is 0 Å². The molecule has 2 aromatic heterocycles. The molecule has 1 fully saturated rings. The topological polar surface area (TPSA) is 67.2 Å². The van der Waals surface area contributed by atoms with Gasteiger partial charge in [0.25, 0.3) is 0 Å². The zero-order valence-corrected chi connectivity index (χ0v) is 18.6. The van der Waals surface area contributed by atoms with Gasteiger partial charge in [0.15, 0.2) is 11.5 Å². The van der Waals surface area contributed by atoms with Gasteiger partial charge in [-0.05, 0) is 42.5 Å². The lowest BCUT2D eigenvalue weighted by atomic mass is 10.1. The number of nitrogens with zero attached hydrogens (tertiary/aromatic N) is 5. The van der Waals surface area contributed by atoms with Crippen molar-refractivity contribution in [1.29, 1.82) is 0 Å². The Hall–Kier alpha value is -3.78. The van der Waals surface area contributed by atoms with Crippen LogP contribution < -0.4 is 19.9 Å². The highest BCUT2D eigenvalue weighted by Gasteiger charge is 2.17. The van der Waals surface area contributed by atoms with E-state index in [1.54, 1.807) is 6.20 Å². The molecule has 6 rings (SSSR count). The van der Waals surface area contributed by atoms with E-state index in [0.717, 1.165) is 72.7 Å². The molecule has 0 atom stereocenters. The number of likely N-dealkylation sites (N-methyl/N-ethyl adjacent to an activating group) is 1. The monoisotopic (exact) mass is 442 g/mol. The van der Waals surface area contributed by atoms with Crippen LogP contribution in [0.1, 0.15) is 0 Å². The van der Waals surface area contributed by atoms with Crippen molar-refractivity contribution >= 4 is 28.5 Å². The van der Waals surface area contributed by atoms with E-state index in [-0.39, 0.29) is 0 Å². The number of morpholine rings is 1. The van der Waals surface area contributed by atoms with E-state index in [1.165, 1.54) is 5.69 Å². The molecule has 0 spiro atoms. The largest absolute Gasteiger partial charge is 0.490 e. The molecule has 1 N–H and O–H groups in total. The SMILES string of the molecule is CN1CCOc2ccc(-c3cn4ccnc4c(Nc4ccc(N5CCOCC5)cc4)n3)cc21. The van der Waals surface area contributed by atoms with Crippen molar-refractivity contribution < 1.29 is 9.47 Å². The number of ether oxygens (including phenoxy) is 2. The first-order chi connectivity index (χ1) is 16.2. The Kier molecular flexibility index (Phi) is 4.99. The number of rotatable bonds is 4. The highest BCUT2D eigenvalue weighted by Crippen LogP contribution is 2.35. The number of hydrogen-bond acceptors (Lipinski definition) is 7. The maximum atomic E-state index is 5.80. The molecule has 4 heterocycles. The summed E-state index contributed by atoms with van der Waals surface area (Å²) in [6, 6.07) is 14.7. The number of hydrogen-bond donors (Lipinski definition) is 1. The minimum atomic E-state index is 0.709. The van der Waals surface area contributed by atoms with Crippen molar-refractivity contribution in [3.05, 3.63) is 61.1 Å². The van der Waals surface area contributed by atoms with Crippen LogP contribution in [0.5, 0.6) is 5.75 Å². The number of imidazole rings is 1. The van der Waals surface area contributed by atoms with Gasteiger partial charge in [-0.1, -0.05) is 0 Å². The van der Waals surface area contributed by atoms with Crippen molar-refractivity contribution in [1.82, 2.24) is 14.4 Å². The van der Waals surface area contributed by atoms with Crippen LogP contribution in [0.3, 0.4) is 0 Å². The second kappa shape index (κ2) is 8.29. The standard InChI is InChI=1S/C25H26N6O2/c1-29-10-15-33-23-7-2-18(16-22(23)29)21-17-31-9-8-26-25(31)24(28-21)27-19-3-5-20(6-4-19)30-11-13-32-14-12-30/h2-9,16-17H,10-15H2,1H3,(H,27,28). The number of benzene rings is 2. The molecule has 0 radical (unpaired) electrons. The van der Waals surface area contributed by atoms with Crippen LogP contribution in [0.4, 0.5) is 22.9 Å². The molecule has 0 bridgehead atoms. The zero-order valence-electron chi connectivity index (χ0n) is 18.6. The van der Waals surface area contributed by atoms with E-state index in [4.69, 9.17) is 14.5 Å². The summed E-state index contributed by atoms with van der Waals surface area (Å²) in [5.41, 5.74) is 5.95. The van der Waals surface area contributed by atoms with Crippen molar-refractivity contribution in [3.8, 4) is 17.0 Å². The molecule has 33 heavy (non-hydrogen) atoms. The molecule has 2 aromatic carbocycles. The third kappa shape index (κ3) is 3.82. The van der Waals surface area contributed by atoms with Crippen LogP contribution in [0.2, 0.25) is 0 Å². The van der Waals surface area contributed by atoms with Gasteiger partial charge in [-0.25, -0.2) is 9.97 Å². The van der Waals surface area contributed by atoms with E-state index in [1.807, 2.05) is 22.9 Å². The van der Waals surface area contributed by atoms with Gasteiger partial charge in [-0.15, -0.1) is 0 Å². The van der Waals surface area contributed by atoms with Gasteiger partial charge in [-0.2, -0.15) is 0 Å². The lowest BCUT2D eigenvalue weighted by Gasteiger charge is -2.29. The molecule has 8 heteroatoms. The minimum Gasteiger partial charge on any atom is -0.490 e. The van der Waals surface area contributed by atoms with Crippen LogP contribution in [0, 0.1) is 0 Å². The van der Waals surface area contributed by atoms with E-state index in [9.17, 15) is 0 Å². The Morgan fingerprint density at radius 3 is 2.67 bits per heavy atom. The highest BCUT2D eigenvalue weighted by molar-refractivity contribution is 5.76. The van der Waals surface area contributed by atoms with Gasteiger partial charge >= 0.3 is 0 Å². The Morgan fingerprint density at radius 1 is 0.970 bits per heavy atom. The molecule has 0 saturated carbocycles. The molecule has 2 aliphatic heterocycles. The summed E-state index contributed by atoms with van der Waals surface area (Å²) in [5.74, 6) is 1.63. The quantitative estimate of drug-likeness (QED) is 0.516. The Bertz CT molecular complexity index is 1280. The lowest BCUT2D eigenvalue weighted by Crippen LogP contribution is -2.36. The average molecular weight is 443 g/mol. The number of fused-ring (bicyclic) bond motifs is 2. The lowest BCUT2D eigenvalue weighted by molar-refractivity contribution is 0.122. The minimum absolute atomic E-state index is 0.709. The molecular formula is C25H26N6O2. The first kappa shape index (κ1) is 19.9. The Balaban J connectivity index is 1.32. The maximum absolute atomic E-state index is 5.80. The fraction of sp³-hybridized carbons (Fsp3) is 0.280. The average Bonchev–Trinajstić information content (AvgIpc) is 3.34. The highest BCUT2D eigenvalue weighted by atomic mass is 16.5. The predicted molar refractivity (Wildman–Crippen MR) is 130 cm³/mol. The van der Waals surface area contributed by atoms with Crippen molar-refractivity contribution in [2.24, 2.45) is 0 Å². The van der Waals surface area contributed by atoms with E-state index >= 15 is 0 Å². The van der Waals surface area contributed by atoms with E-state index in [0.29, 0.717) is 6.61 Å². The summed E-state index contributed by atoms with van der Waals surface area (Å²) in [6.45, 7) is 4.98. The normalized spacial score (nSPS) is 15.9. The third-order valence-electron chi connectivity index (χ3n) is 6.23. The Morgan fingerprint density at radius 2 is 1.82 bits per heavy atom. The number of nitrogens with one attached hydrogen (secondary N) is 1. The second-order valence-corrected chi connectivity index (χ2v) is 8.36. The molecule has 0 aliphatic carbocycles. The fourth-order valence-electron chi connectivity index (χ4n) is 4.38. The predicted octanol–water partition coefficient (Wildman–Crippen LogP) is 3.81. The van der Waals surface area contributed by atoms with E-state index in [2.05, 4.69) is 63.5 Å². The second-order valence-electron chi connectivity index (χ2n) is 8.36. The molecule has 0 unspecified atom stereocenters. The van der Waals surface area contributed by atoms with Crippen molar-refractivity contribution in [2.75, 3.05) is 61.6 Å². The number of aromatic nitrogens is 3. The number of anilines is 4. The molecule has 2 aliphatic rings. The van der Waals surface area contributed by atoms with Gasteiger partial charge in [0, 0.05) is 55.7 Å². The van der Waals surface area contributed by atoms with Gasteiger partial charge < -0.3 is 29.0 Å². The summed E-state index contributed by atoms with van der Waals surface area (Å²) in [4.78, 5) is 14.0. The summed E-state index contributed by atoms with van der Waals surface area (Å²) >= 11 is 0. The van der Waals surface area contributed by atoms with Crippen LogP contribution in [-0.4, -0.2) is 60.9 Å². The van der Waals surface area contributed by atoms with Crippen LogP contribution in [0.25, 0.3) is 16.9 Å². The molecule has 1 saturated heterocycles. The molecular weight excluding hydrogens is 416 g/mol. The summed E-state index contributed by atoms with van der Waals surface area (Å²) < 4.78 is 13.3. The Labute approximate surface area is 192 Å². The van der Waals surface area contributed by atoms with Crippen LogP contribution in [0.15, 0.2) is 61.1 Å². The zero-order chi connectivity index (χ0) is 22.2. The molecule has 168 valence electrons. The summed E-state index contributed by atoms with van der Waals surface area (Å²) in [6.07, 6.45) is 5.75. The first-order valence-electron chi connectivity index (χ1n) is 11.3. The van der Waals surface area contributed by atoms with Gasteiger partial charge in [0.1, 0.15) is 12.4 Å². The first-order valence-corrected chi connectivity index (χ1v) is 11.3. The van der Waals surface area contributed by atoms with Gasteiger partial charge in [0.05, 0.1) is 31.1 Å². The van der Waals surface area contributed by atoms with Gasteiger partial charge in [-0.3, -0.25) is 0 Å². The van der Waals surface area contributed by atoms with Crippen LogP contribution >= 0.6 is 0 Å². The van der Waals surface area contributed by atoms with E-state index < -0.39 is 0 Å². The van der Waals surface area contributed by atoms with Gasteiger partial charge in [0.2, 0.25) is 0 Å². The summed E-state index contributed by atoms with van der Waals surface area (Å²) in [7, 11) is 2.09. The van der Waals surface area contributed by atoms with Crippen LogP contribution in [-0.2, 0) is 4.74 Å². The molecule has 4 aromatic rings. The fourth-order valence-corrected chi connectivity index (χ4v) is 4.38. The smallest absolute Gasteiger partial charge is 0.180 e. The third-order valence-corrected chi connectivity index (χ3v) is 6.23.